The van der Waals surface area contributed by atoms with Gasteiger partial charge in [-0.25, -0.2) is 0 Å². The van der Waals surface area contributed by atoms with Gasteiger partial charge in [0.2, 0.25) is 11.0 Å². The highest BCUT2D eigenvalue weighted by Crippen LogP contribution is 2.23. The van der Waals surface area contributed by atoms with Gasteiger partial charge in [0.15, 0.2) is 0 Å². The van der Waals surface area contributed by atoms with Crippen molar-refractivity contribution < 1.29 is 23.9 Å². The molecule has 1 saturated heterocycles. The Bertz CT molecular complexity index is 389. The molecule has 0 aliphatic carbocycles. The summed E-state index contributed by atoms with van der Waals surface area (Å²) in [7, 11) is 2.75. The summed E-state index contributed by atoms with van der Waals surface area (Å²) in [6, 6.07) is -0.453. The van der Waals surface area contributed by atoms with Crippen LogP contribution >= 0.6 is 11.8 Å². The Kier molecular flexibility index (Phi) is 15.0. The maximum absolute atomic E-state index is 12.2. The lowest BCUT2D eigenvalue weighted by Crippen LogP contribution is -2.46. The van der Waals surface area contributed by atoms with E-state index in [1.165, 1.54) is 26.0 Å². The molecule has 6 nitrogen and oxygen atoms in total. The number of hydrogen-bond donors (Lipinski definition) is 1. The number of ether oxygens (including phenoxy) is 2. The number of thioether (sulfide) groups is 1. The van der Waals surface area contributed by atoms with Crippen LogP contribution in [0.2, 0.25) is 0 Å². The zero-order chi connectivity index (χ0) is 19.3. The predicted octanol–water partition coefficient (Wildman–Crippen LogP) is 2.65. The van der Waals surface area contributed by atoms with Gasteiger partial charge < -0.3 is 14.8 Å². The van der Waals surface area contributed by atoms with E-state index >= 15 is 0 Å². The van der Waals surface area contributed by atoms with E-state index in [-0.39, 0.29) is 11.0 Å². The first-order valence-corrected chi connectivity index (χ1v) is 9.48. The molecule has 0 saturated carbocycles. The molecule has 0 aromatic heterocycles. The van der Waals surface area contributed by atoms with Crippen LogP contribution in [-0.2, 0) is 23.9 Å². The van der Waals surface area contributed by atoms with Crippen LogP contribution in [0.3, 0.4) is 0 Å². The van der Waals surface area contributed by atoms with E-state index in [0.717, 1.165) is 0 Å². The molecule has 1 heterocycles. The van der Waals surface area contributed by atoms with Crippen molar-refractivity contribution in [2.24, 2.45) is 11.8 Å². The van der Waals surface area contributed by atoms with Crippen molar-refractivity contribution in [1.82, 2.24) is 5.32 Å². The van der Waals surface area contributed by atoms with Crippen molar-refractivity contribution in [3.05, 3.63) is 0 Å². The van der Waals surface area contributed by atoms with Gasteiger partial charge in [0.25, 0.3) is 0 Å². The Morgan fingerprint density at radius 2 is 1.71 bits per heavy atom. The first kappa shape index (κ1) is 25.2. The third kappa shape index (κ3) is 7.66. The Balaban J connectivity index is 0. The average molecular weight is 364 g/mol. The summed E-state index contributed by atoms with van der Waals surface area (Å²) in [4.78, 5) is 35.5. The molecule has 7 heteroatoms. The third-order valence-corrected chi connectivity index (χ3v) is 4.56. The van der Waals surface area contributed by atoms with Crippen molar-refractivity contribution in [3.8, 4) is 0 Å². The van der Waals surface area contributed by atoms with E-state index in [9.17, 15) is 14.4 Å². The number of carbonyl (C=O) groups is 3. The largest absolute Gasteiger partial charge is 0.469 e. The maximum atomic E-state index is 12.2. The molecule has 0 aromatic carbocycles. The maximum Gasteiger partial charge on any atom is 0.312 e. The lowest BCUT2D eigenvalue weighted by molar-refractivity contribution is -0.155. The van der Waals surface area contributed by atoms with E-state index in [0.29, 0.717) is 12.2 Å². The molecule has 0 aromatic rings. The zero-order valence-corrected chi connectivity index (χ0v) is 17.0. The minimum absolute atomic E-state index is 0.0278. The van der Waals surface area contributed by atoms with Gasteiger partial charge in [0.1, 0.15) is 0 Å². The van der Waals surface area contributed by atoms with Crippen molar-refractivity contribution in [3.63, 3.8) is 0 Å². The molecule has 4 atom stereocenters. The van der Waals surface area contributed by atoms with Gasteiger partial charge in [-0.2, -0.15) is 0 Å². The second-order valence-corrected chi connectivity index (χ2v) is 5.90. The summed E-state index contributed by atoms with van der Waals surface area (Å²) in [5.74, 6) is -1.43. The van der Waals surface area contributed by atoms with E-state index in [2.05, 4.69) is 5.32 Å². The molecule has 0 radical (unpaired) electrons. The molecular weight excluding hydrogens is 330 g/mol. The number of esters is 1. The molecule has 0 bridgehead atoms. The summed E-state index contributed by atoms with van der Waals surface area (Å²) in [6.07, 6.45) is 0.182. The zero-order valence-electron chi connectivity index (χ0n) is 16.2. The van der Waals surface area contributed by atoms with E-state index < -0.39 is 30.0 Å². The van der Waals surface area contributed by atoms with Crippen molar-refractivity contribution in [2.75, 3.05) is 20.0 Å². The highest BCUT2D eigenvalue weighted by molar-refractivity contribution is 8.14. The van der Waals surface area contributed by atoms with Gasteiger partial charge >= 0.3 is 5.97 Å². The summed E-state index contributed by atoms with van der Waals surface area (Å²) in [6.45, 7) is 11.3. The number of amides is 1. The molecule has 4 unspecified atom stereocenters. The van der Waals surface area contributed by atoms with Crippen LogP contribution in [0.15, 0.2) is 0 Å². The standard InChI is InChI=1S/C13H21NO5S.2C2H6/c1-7(10(8(2)18-3)12(16)19-4)11(15)14-9-5-6-20-13(9)17;2*1-2/h7-10H,5-6H2,1-4H3,(H,14,15);2*1-2H3. The van der Waals surface area contributed by atoms with Gasteiger partial charge in [-0.05, 0) is 13.3 Å². The molecule has 142 valence electrons. The van der Waals surface area contributed by atoms with Crippen molar-refractivity contribution in [1.29, 1.82) is 0 Å². The second kappa shape index (κ2) is 14.3. The van der Waals surface area contributed by atoms with E-state index in [4.69, 9.17) is 9.47 Å². The van der Waals surface area contributed by atoms with Crippen molar-refractivity contribution in [2.45, 2.75) is 60.1 Å². The number of methoxy groups -OCH3 is 2. The van der Waals surface area contributed by atoms with E-state index in [1.54, 1.807) is 13.8 Å². The van der Waals surface area contributed by atoms with Crippen LogP contribution in [0.4, 0.5) is 0 Å². The predicted molar refractivity (Wildman–Crippen MR) is 97.8 cm³/mol. The van der Waals surface area contributed by atoms with Crippen LogP contribution in [0.5, 0.6) is 0 Å². The monoisotopic (exact) mass is 363 g/mol. The minimum Gasteiger partial charge on any atom is -0.469 e. The second-order valence-electron chi connectivity index (χ2n) is 4.80. The number of carbonyl (C=O) groups excluding carboxylic acids is 3. The Morgan fingerprint density at radius 3 is 2.08 bits per heavy atom. The molecule has 24 heavy (non-hydrogen) atoms. The van der Waals surface area contributed by atoms with Gasteiger partial charge in [-0.1, -0.05) is 46.4 Å². The van der Waals surface area contributed by atoms with E-state index in [1.807, 2.05) is 27.7 Å². The molecule has 1 amide bonds. The average Bonchev–Trinajstić information content (AvgIpc) is 3.02. The SMILES string of the molecule is CC.CC.COC(=O)C(C(C)OC)C(C)C(=O)NC1CCSC1=O. The molecule has 1 N–H and O–H groups in total. The fourth-order valence-corrected chi connectivity index (χ4v) is 3.11. The number of nitrogens with one attached hydrogen (secondary N) is 1. The Labute approximate surface area is 150 Å². The molecule has 0 spiro atoms. The smallest absolute Gasteiger partial charge is 0.312 e. The number of rotatable bonds is 6. The highest BCUT2D eigenvalue weighted by atomic mass is 32.2. The lowest BCUT2D eigenvalue weighted by atomic mass is 9.88. The normalized spacial score (nSPS) is 19.7. The van der Waals surface area contributed by atoms with Crippen LogP contribution in [0.1, 0.15) is 48.0 Å². The first-order valence-electron chi connectivity index (χ1n) is 8.50. The molecule has 1 aliphatic rings. The molecule has 1 rings (SSSR count). The van der Waals surface area contributed by atoms with Gasteiger partial charge in [0.05, 0.1) is 31.1 Å². The summed E-state index contributed by atoms with van der Waals surface area (Å²) < 4.78 is 9.87. The molecular formula is C17H33NO5S. The van der Waals surface area contributed by atoms with Gasteiger partial charge in [0, 0.05) is 12.9 Å². The fraction of sp³-hybridized carbons (Fsp3) is 0.824. The first-order chi connectivity index (χ1) is 11.4. The van der Waals surface area contributed by atoms with Crippen LogP contribution in [-0.4, -0.2) is 49.1 Å². The molecule has 1 fully saturated rings. The number of hydrogen-bond acceptors (Lipinski definition) is 6. The Morgan fingerprint density at radius 1 is 1.17 bits per heavy atom. The summed E-state index contributed by atoms with van der Waals surface area (Å²) in [5.41, 5.74) is 0. The van der Waals surface area contributed by atoms with Crippen LogP contribution in [0.25, 0.3) is 0 Å². The van der Waals surface area contributed by atoms with Crippen LogP contribution in [0, 0.1) is 11.8 Å². The third-order valence-electron chi connectivity index (χ3n) is 3.55. The van der Waals surface area contributed by atoms with Crippen molar-refractivity contribution >= 4 is 28.8 Å². The lowest BCUT2D eigenvalue weighted by Gasteiger charge is -2.26. The van der Waals surface area contributed by atoms with Gasteiger partial charge in [-0.3, -0.25) is 14.4 Å². The summed E-state index contributed by atoms with van der Waals surface area (Å²) >= 11 is 1.22. The summed E-state index contributed by atoms with van der Waals surface area (Å²) in [5, 5.41) is 2.67. The van der Waals surface area contributed by atoms with Gasteiger partial charge in [-0.15, -0.1) is 0 Å². The fourth-order valence-electron chi connectivity index (χ4n) is 2.18. The minimum atomic E-state index is -0.700. The molecule has 1 aliphatic heterocycles. The Hall–Kier alpha value is -1.08. The van der Waals surface area contributed by atoms with Crippen LogP contribution < -0.4 is 5.32 Å². The topological polar surface area (TPSA) is 81.7 Å². The highest BCUT2D eigenvalue weighted by Gasteiger charge is 2.37. The quantitative estimate of drug-likeness (QED) is 0.731.